The van der Waals surface area contributed by atoms with E-state index in [4.69, 9.17) is 11.6 Å². The van der Waals surface area contributed by atoms with Crippen LogP contribution >= 0.6 is 11.6 Å². The Bertz CT molecular complexity index is 592. The van der Waals surface area contributed by atoms with Crippen LogP contribution in [0.2, 0.25) is 5.15 Å². The number of hydrogen-bond acceptors (Lipinski definition) is 3. The quantitative estimate of drug-likeness (QED) is 0.852. The van der Waals surface area contributed by atoms with Gasteiger partial charge in [-0.05, 0) is 17.7 Å². The number of carbonyl (C=O) groups is 1. The van der Waals surface area contributed by atoms with Crippen LogP contribution in [0, 0.1) is 0 Å². The molecule has 5 nitrogen and oxygen atoms in total. The van der Waals surface area contributed by atoms with Crippen LogP contribution < -0.4 is 0 Å². The lowest BCUT2D eigenvalue weighted by Gasteiger charge is -2.11. The number of rotatable bonds is 3. The maximum atomic E-state index is 11.7. The molecule has 0 saturated carbocycles. The molecule has 0 unspecified atom stereocenters. The van der Waals surface area contributed by atoms with Crippen LogP contribution in [0.5, 0.6) is 0 Å². The first-order chi connectivity index (χ1) is 8.52. The van der Waals surface area contributed by atoms with E-state index in [1.54, 1.807) is 30.9 Å². The molecule has 18 heavy (non-hydrogen) atoms. The Balaban J connectivity index is 2.47. The van der Waals surface area contributed by atoms with Gasteiger partial charge in [-0.3, -0.25) is 4.79 Å². The molecule has 1 N–H and O–H groups in total. The van der Waals surface area contributed by atoms with Gasteiger partial charge in [-0.1, -0.05) is 11.6 Å². The number of carbonyl (C=O) groups excluding carboxylic acids is 1. The molecule has 0 aliphatic rings. The highest BCUT2D eigenvalue weighted by atomic mass is 35.5. The molecular formula is C12H14ClN3O2. The number of nitrogens with zero attached hydrogens (tertiary/aromatic N) is 3. The van der Waals surface area contributed by atoms with E-state index in [2.05, 4.69) is 4.98 Å². The van der Waals surface area contributed by atoms with Gasteiger partial charge in [0, 0.05) is 25.7 Å². The minimum absolute atomic E-state index is 0.0279. The van der Waals surface area contributed by atoms with Crippen LogP contribution in [0.25, 0.3) is 11.0 Å². The van der Waals surface area contributed by atoms with Gasteiger partial charge in [-0.15, -0.1) is 0 Å². The number of aliphatic hydroxyl groups is 1. The van der Waals surface area contributed by atoms with E-state index in [-0.39, 0.29) is 19.1 Å². The zero-order valence-corrected chi connectivity index (χ0v) is 11.0. The SMILES string of the molecule is CN(C)C(=O)Cn1ccc2c(CO)cc(Cl)nc21. The predicted molar refractivity (Wildman–Crippen MR) is 69.4 cm³/mol. The molecule has 6 heteroatoms. The Hall–Kier alpha value is -1.59. The summed E-state index contributed by atoms with van der Waals surface area (Å²) in [6.45, 7) is 0.0963. The van der Waals surface area contributed by atoms with E-state index < -0.39 is 0 Å². The van der Waals surface area contributed by atoms with Crippen LogP contribution in [0.4, 0.5) is 0 Å². The molecule has 96 valence electrons. The lowest BCUT2D eigenvalue weighted by molar-refractivity contribution is -0.129. The lowest BCUT2D eigenvalue weighted by atomic mass is 10.2. The topological polar surface area (TPSA) is 58.4 Å². The first-order valence-electron chi connectivity index (χ1n) is 5.48. The molecule has 0 radical (unpaired) electrons. The third-order valence-corrected chi connectivity index (χ3v) is 2.95. The van der Waals surface area contributed by atoms with Crippen molar-refractivity contribution in [3.05, 3.63) is 29.0 Å². The summed E-state index contributed by atoms with van der Waals surface area (Å²) >= 11 is 5.90. The summed E-state index contributed by atoms with van der Waals surface area (Å²) in [7, 11) is 3.40. The highest BCUT2D eigenvalue weighted by molar-refractivity contribution is 6.29. The van der Waals surface area contributed by atoms with Gasteiger partial charge in [0.2, 0.25) is 5.91 Å². The van der Waals surface area contributed by atoms with E-state index in [0.717, 1.165) is 5.39 Å². The van der Waals surface area contributed by atoms with Gasteiger partial charge in [0.05, 0.1) is 6.61 Å². The molecule has 0 aliphatic heterocycles. The fourth-order valence-electron chi connectivity index (χ4n) is 1.74. The fraction of sp³-hybridized carbons (Fsp3) is 0.333. The van der Waals surface area contributed by atoms with Crippen LogP contribution in [0.15, 0.2) is 18.3 Å². The van der Waals surface area contributed by atoms with Crippen molar-refractivity contribution in [3.8, 4) is 0 Å². The van der Waals surface area contributed by atoms with Crippen molar-refractivity contribution in [1.29, 1.82) is 0 Å². The Morgan fingerprint density at radius 2 is 2.28 bits per heavy atom. The number of aromatic nitrogens is 2. The third kappa shape index (κ3) is 2.32. The van der Waals surface area contributed by atoms with E-state index in [9.17, 15) is 9.90 Å². The van der Waals surface area contributed by atoms with Crippen LogP contribution in [0.1, 0.15) is 5.56 Å². The molecule has 0 bridgehead atoms. The average Bonchev–Trinajstić information content (AvgIpc) is 2.71. The number of hydrogen-bond donors (Lipinski definition) is 1. The largest absolute Gasteiger partial charge is 0.392 e. The zero-order valence-electron chi connectivity index (χ0n) is 10.2. The maximum absolute atomic E-state index is 11.7. The van der Waals surface area contributed by atoms with Crippen LogP contribution in [-0.4, -0.2) is 39.6 Å². The number of aliphatic hydroxyl groups excluding tert-OH is 1. The molecule has 0 fully saturated rings. The lowest BCUT2D eigenvalue weighted by Crippen LogP contribution is -2.26. The number of amides is 1. The number of pyridine rings is 1. The number of likely N-dealkylation sites (N-methyl/N-ethyl adjacent to an activating group) is 1. The Labute approximate surface area is 110 Å². The first kappa shape index (κ1) is 12.9. The molecule has 0 spiro atoms. The Kier molecular flexibility index (Phi) is 3.54. The summed E-state index contributed by atoms with van der Waals surface area (Å²) in [6.07, 6.45) is 1.77. The van der Waals surface area contributed by atoms with Gasteiger partial charge in [0.1, 0.15) is 17.3 Å². The fourth-order valence-corrected chi connectivity index (χ4v) is 1.95. The van der Waals surface area contributed by atoms with E-state index in [0.29, 0.717) is 16.4 Å². The van der Waals surface area contributed by atoms with Crippen molar-refractivity contribution in [2.45, 2.75) is 13.2 Å². The van der Waals surface area contributed by atoms with Gasteiger partial charge in [0.15, 0.2) is 0 Å². The van der Waals surface area contributed by atoms with Gasteiger partial charge >= 0.3 is 0 Å². The Morgan fingerprint density at radius 3 is 2.89 bits per heavy atom. The van der Waals surface area contributed by atoms with Crippen molar-refractivity contribution >= 4 is 28.5 Å². The van der Waals surface area contributed by atoms with Crippen molar-refractivity contribution in [1.82, 2.24) is 14.5 Å². The van der Waals surface area contributed by atoms with Crippen molar-refractivity contribution in [3.63, 3.8) is 0 Å². The summed E-state index contributed by atoms with van der Waals surface area (Å²) in [5, 5.41) is 10.4. The molecule has 2 aromatic heterocycles. The molecule has 0 aromatic carbocycles. The normalized spacial score (nSPS) is 10.9. The summed E-state index contributed by atoms with van der Waals surface area (Å²) < 4.78 is 1.72. The standard InChI is InChI=1S/C12H14ClN3O2/c1-15(2)11(18)6-16-4-3-9-8(7-17)5-10(13)14-12(9)16/h3-5,17H,6-7H2,1-2H3. The van der Waals surface area contributed by atoms with E-state index >= 15 is 0 Å². The maximum Gasteiger partial charge on any atom is 0.242 e. The summed E-state index contributed by atoms with van der Waals surface area (Å²) in [5.74, 6) is -0.0279. The second-order valence-electron chi connectivity index (χ2n) is 4.23. The summed E-state index contributed by atoms with van der Waals surface area (Å²) in [4.78, 5) is 17.4. The van der Waals surface area contributed by atoms with Gasteiger partial charge < -0.3 is 14.6 Å². The highest BCUT2D eigenvalue weighted by Crippen LogP contribution is 2.22. The first-order valence-corrected chi connectivity index (χ1v) is 5.86. The predicted octanol–water partition coefficient (Wildman–Crippen LogP) is 1.27. The minimum Gasteiger partial charge on any atom is -0.392 e. The van der Waals surface area contributed by atoms with Crippen molar-refractivity contribution in [2.75, 3.05) is 14.1 Å². The second-order valence-corrected chi connectivity index (χ2v) is 4.62. The summed E-state index contributed by atoms with van der Waals surface area (Å²) in [5.41, 5.74) is 1.32. The second kappa shape index (κ2) is 4.96. The highest BCUT2D eigenvalue weighted by Gasteiger charge is 2.12. The minimum atomic E-state index is -0.107. The third-order valence-electron chi connectivity index (χ3n) is 2.76. The van der Waals surface area contributed by atoms with Crippen molar-refractivity contribution in [2.24, 2.45) is 0 Å². The van der Waals surface area contributed by atoms with Gasteiger partial charge in [0.25, 0.3) is 0 Å². The average molecular weight is 268 g/mol. The molecule has 2 rings (SSSR count). The molecule has 1 amide bonds. The van der Waals surface area contributed by atoms with Crippen LogP contribution in [-0.2, 0) is 17.9 Å². The molecule has 0 atom stereocenters. The smallest absolute Gasteiger partial charge is 0.242 e. The van der Waals surface area contributed by atoms with Crippen LogP contribution in [0.3, 0.4) is 0 Å². The summed E-state index contributed by atoms with van der Waals surface area (Å²) in [6, 6.07) is 3.45. The van der Waals surface area contributed by atoms with Crippen molar-refractivity contribution < 1.29 is 9.90 Å². The van der Waals surface area contributed by atoms with Gasteiger partial charge in [-0.2, -0.15) is 0 Å². The number of halogens is 1. The number of fused-ring (bicyclic) bond motifs is 1. The Morgan fingerprint density at radius 1 is 1.56 bits per heavy atom. The molecular weight excluding hydrogens is 254 g/mol. The zero-order chi connectivity index (χ0) is 13.3. The van der Waals surface area contributed by atoms with E-state index in [1.165, 1.54) is 4.90 Å². The van der Waals surface area contributed by atoms with E-state index in [1.807, 2.05) is 6.07 Å². The van der Waals surface area contributed by atoms with Gasteiger partial charge in [-0.25, -0.2) is 4.98 Å². The molecule has 2 aromatic rings. The molecule has 0 aliphatic carbocycles. The monoisotopic (exact) mass is 267 g/mol. The molecule has 2 heterocycles. The molecule has 0 saturated heterocycles.